The van der Waals surface area contributed by atoms with E-state index in [1.807, 2.05) is 0 Å². The first kappa shape index (κ1) is 11.7. The van der Waals surface area contributed by atoms with Crippen LogP contribution in [-0.2, 0) is 6.42 Å². The highest BCUT2D eigenvalue weighted by Crippen LogP contribution is 2.29. The maximum absolute atomic E-state index is 13.0. The van der Waals surface area contributed by atoms with E-state index in [-0.39, 0.29) is 4.83 Å². The highest BCUT2D eigenvalue weighted by molar-refractivity contribution is 9.09. The quantitative estimate of drug-likeness (QED) is 0.778. The number of nitrogens with zero attached hydrogens (tertiary/aromatic N) is 1. The molecule has 1 aromatic heterocycles. The Morgan fingerprint density at radius 1 is 1.31 bits per heavy atom. The van der Waals surface area contributed by atoms with Gasteiger partial charge in [-0.3, -0.25) is 4.98 Å². The molecule has 0 saturated carbocycles. The van der Waals surface area contributed by atoms with Crippen molar-refractivity contribution in [3.05, 3.63) is 52.0 Å². The Labute approximate surface area is 104 Å². The summed E-state index contributed by atoms with van der Waals surface area (Å²) in [5.74, 6) is -1.62. The molecule has 1 unspecified atom stereocenters. The summed E-state index contributed by atoms with van der Waals surface area (Å²) in [5, 5.41) is 0. The molecule has 0 aliphatic rings. The normalized spacial score (nSPS) is 12.7. The van der Waals surface area contributed by atoms with Crippen molar-refractivity contribution in [1.82, 2.24) is 4.98 Å². The average molecular weight is 304 g/mol. The molecule has 0 aliphatic heterocycles. The van der Waals surface area contributed by atoms with Crippen LogP contribution >= 0.6 is 27.3 Å². The number of hydrogen-bond donors (Lipinski definition) is 0. The van der Waals surface area contributed by atoms with Crippen molar-refractivity contribution in [2.75, 3.05) is 0 Å². The molecule has 5 heteroatoms. The molecule has 1 nitrogen and oxygen atoms in total. The van der Waals surface area contributed by atoms with Crippen LogP contribution in [0.25, 0.3) is 0 Å². The average Bonchev–Trinajstić information content (AvgIpc) is 2.77. The molecular formula is C11H8BrF2NS. The molecule has 84 valence electrons. The SMILES string of the molecule is Fc1ccc(CC(Br)c2cncs2)cc1F. The second-order valence-corrected chi connectivity index (χ2v) is 5.35. The topological polar surface area (TPSA) is 12.9 Å². The number of halogens is 3. The third-order valence-electron chi connectivity index (χ3n) is 2.16. The first-order valence-corrected chi connectivity index (χ1v) is 6.42. The summed E-state index contributed by atoms with van der Waals surface area (Å²) in [4.78, 5) is 5.13. The number of thiazole rings is 1. The smallest absolute Gasteiger partial charge is 0.159 e. The molecule has 0 radical (unpaired) electrons. The summed E-state index contributed by atoms with van der Waals surface area (Å²) in [6.07, 6.45) is 2.38. The Kier molecular flexibility index (Phi) is 3.66. The predicted molar refractivity (Wildman–Crippen MR) is 63.8 cm³/mol. The molecule has 1 atom stereocenters. The van der Waals surface area contributed by atoms with Crippen molar-refractivity contribution in [2.24, 2.45) is 0 Å². The Morgan fingerprint density at radius 2 is 2.12 bits per heavy atom. The molecule has 0 spiro atoms. The van der Waals surface area contributed by atoms with Crippen LogP contribution in [0.1, 0.15) is 15.3 Å². The van der Waals surface area contributed by atoms with Gasteiger partial charge < -0.3 is 0 Å². The monoisotopic (exact) mass is 303 g/mol. The fourth-order valence-electron chi connectivity index (χ4n) is 1.35. The zero-order valence-electron chi connectivity index (χ0n) is 8.16. The number of rotatable bonds is 3. The lowest BCUT2D eigenvalue weighted by Crippen LogP contribution is -1.95. The number of alkyl halides is 1. The standard InChI is InChI=1S/C11H8BrF2NS/c12-8(11-5-15-6-16-11)3-7-1-2-9(13)10(14)4-7/h1-2,4-6,8H,3H2. The molecule has 0 saturated heterocycles. The van der Waals surface area contributed by atoms with Gasteiger partial charge in [-0.15, -0.1) is 11.3 Å². The van der Waals surface area contributed by atoms with Gasteiger partial charge in [0.15, 0.2) is 11.6 Å². The molecule has 2 aromatic rings. The largest absolute Gasteiger partial charge is 0.253 e. The molecule has 0 fully saturated rings. The molecule has 0 aliphatic carbocycles. The van der Waals surface area contributed by atoms with Gasteiger partial charge in [0, 0.05) is 11.1 Å². The van der Waals surface area contributed by atoms with Gasteiger partial charge in [-0.05, 0) is 24.1 Å². The van der Waals surface area contributed by atoms with Crippen molar-refractivity contribution in [3.8, 4) is 0 Å². The van der Waals surface area contributed by atoms with Crippen LogP contribution in [-0.4, -0.2) is 4.98 Å². The van der Waals surface area contributed by atoms with Crippen LogP contribution in [0.4, 0.5) is 8.78 Å². The van der Waals surface area contributed by atoms with E-state index in [9.17, 15) is 8.78 Å². The van der Waals surface area contributed by atoms with Crippen LogP contribution in [0.2, 0.25) is 0 Å². The van der Waals surface area contributed by atoms with Crippen LogP contribution in [0, 0.1) is 11.6 Å². The highest BCUT2D eigenvalue weighted by atomic mass is 79.9. The lowest BCUT2D eigenvalue weighted by atomic mass is 10.1. The molecule has 0 bridgehead atoms. The number of benzene rings is 1. The van der Waals surface area contributed by atoms with Crippen molar-refractivity contribution >= 4 is 27.3 Å². The third kappa shape index (κ3) is 2.65. The third-order valence-corrected chi connectivity index (χ3v) is 4.17. The summed E-state index contributed by atoms with van der Waals surface area (Å²) in [5.41, 5.74) is 2.50. The van der Waals surface area contributed by atoms with Crippen molar-refractivity contribution in [1.29, 1.82) is 0 Å². The van der Waals surface area contributed by atoms with E-state index in [0.717, 1.165) is 16.5 Å². The minimum Gasteiger partial charge on any atom is -0.253 e. The highest BCUT2D eigenvalue weighted by Gasteiger charge is 2.11. The van der Waals surface area contributed by atoms with E-state index in [2.05, 4.69) is 20.9 Å². The van der Waals surface area contributed by atoms with Crippen LogP contribution < -0.4 is 0 Å². The summed E-state index contributed by atoms with van der Waals surface area (Å²) >= 11 is 5.03. The molecule has 2 rings (SSSR count). The number of hydrogen-bond acceptors (Lipinski definition) is 2. The second-order valence-electron chi connectivity index (χ2n) is 3.32. The molecule has 1 aromatic carbocycles. The van der Waals surface area contributed by atoms with Gasteiger partial charge in [0.25, 0.3) is 0 Å². The van der Waals surface area contributed by atoms with E-state index in [1.54, 1.807) is 17.8 Å². The van der Waals surface area contributed by atoms with Crippen LogP contribution in [0.5, 0.6) is 0 Å². The van der Waals surface area contributed by atoms with Crippen molar-refractivity contribution < 1.29 is 8.78 Å². The summed E-state index contributed by atoms with van der Waals surface area (Å²) < 4.78 is 25.7. The van der Waals surface area contributed by atoms with Gasteiger partial charge in [-0.25, -0.2) is 8.78 Å². The fourth-order valence-corrected chi connectivity index (χ4v) is 2.77. The van der Waals surface area contributed by atoms with Crippen molar-refractivity contribution in [2.45, 2.75) is 11.2 Å². The van der Waals surface area contributed by atoms with E-state index < -0.39 is 11.6 Å². The lowest BCUT2D eigenvalue weighted by Gasteiger charge is -2.07. The first-order chi connectivity index (χ1) is 7.66. The predicted octanol–water partition coefficient (Wildman–Crippen LogP) is 4.10. The molecular weight excluding hydrogens is 296 g/mol. The second kappa shape index (κ2) is 5.01. The zero-order valence-corrected chi connectivity index (χ0v) is 10.6. The Balaban J connectivity index is 2.12. The van der Waals surface area contributed by atoms with Gasteiger partial charge in [0.1, 0.15) is 0 Å². The van der Waals surface area contributed by atoms with Gasteiger partial charge >= 0.3 is 0 Å². The van der Waals surface area contributed by atoms with Crippen LogP contribution in [0.15, 0.2) is 29.9 Å². The van der Waals surface area contributed by atoms with E-state index in [4.69, 9.17) is 0 Å². The van der Waals surface area contributed by atoms with Crippen LogP contribution in [0.3, 0.4) is 0 Å². The summed E-state index contributed by atoms with van der Waals surface area (Å²) in [7, 11) is 0. The first-order valence-electron chi connectivity index (χ1n) is 4.63. The fraction of sp³-hybridized carbons (Fsp3) is 0.182. The van der Waals surface area contributed by atoms with Gasteiger partial charge in [0.05, 0.1) is 10.3 Å². The van der Waals surface area contributed by atoms with E-state index in [0.29, 0.717) is 6.42 Å². The Hall–Kier alpha value is -0.810. The maximum atomic E-state index is 13.0. The Morgan fingerprint density at radius 3 is 2.75 bits per heavy atom. The van der Waals surface area contributed by atoms with Gasteiger partial charge in [-0.1, -0.05) is 22.0 Å². The molecule has 1 heterocycles. The summed E-state index contributed by atoms with van der Waals surface area (Å²) in [6, 6.07) is 3.97. The molecule has 0 N–H and O–H groups in total. The molecule has 16 heavy (non-hydrogen) atoms. The lowest BCUT2D eigenvalue weighted by molar-refractivity contribution is 0.507. The van der Waals surface area contributed by atoms with Crippen molar-refractivity contribution in [3.63, 3.8) is 0 Å². The minimum atomic E-state index is -0.812. The maximum Gasteiger partial charge on any atom is 0.159 e. The van der Waals surface area contributed by atoms with Gasteiger partial charge in [0.2, 0.25) is 0 Å². The molecule has 0 amide bonds. The van der Waals surface area contributed by atoms with E-state index in [1.165, 1.54) is 17.4 Å². The summed E-state index contributed by atoms with van der Waals surface area (Å²) in [6.45, 7) is 0. The zero-order chi connectivity index (χ0) is 11.5. The Bertz CT molecular complexity index is 473. The van der Waals surface area contributed by atoms with E-state index >= 15 is 0 Å². The number of aromatic nitrogens is 1. The minimum absolute atomic E-state index is 0.0878. The van der Waals surface area contributed by atoms with Gasteiger partial charge in [-0.2, -0.15) is 0 Å².